The zero-order valence-corrected chi connectivity index (χ0v) is 21.6. The normalized spacial score (nSPS) is 26.1. The molecule has 9 nitrogen and oxygen atoms in total. The van der Waals surface area contributed by atoms with Gasteiger partial charge in [-0.15, -0.1) is 0 Å². The third-order valence-electron chi connectivity index (χ3n) is 6.93. The number of fused-ring (bicyclic) bond motifs is 1. The molecule has 1 fully saturated rings. The Hall–Kier alpha value is -2.11. The van der Waals surface area contributed by atoms with Crippen LogP contribution in [0, 0.1) is 11.8 Å². The Bertz CT molecular complexity index is 1320. The fourth-order valence-electron chi connectivity index (χ4n) is 5.34. The SMILES string of the molecule is C[C@@H](O)[C@H]1C(=O)N2C(C(=O)O)=C(CN3c4cccc5cccc(c45)N(C)S3(=O)=O)[C@H](C)[C@H]12.[Na]. The van der Waals surface area contributed by atoms with Crippen molar-refractivity contribution in [3.05, 3.63) is 47.7 Å². The van der Waals surface area contributed by atoms with Crippen LogP contribution in [0.3, 0.4) is 0 Å². The number of aliphatic carboxylic acids is 1. The first-order chi connectivity index (χ1) is 15.1. The molecule has 2 aromatic rings. The second-order valence-corrected chi connectivity index (χ2v) is 10.5. The number of anilines is 2. The third-order valence-corrected chi connectivity index (χ3v) is 8.70. The van der Waals surface area contributed by atoms with Crippen molar-refractivity contribution in [1.82, 2.24) is 4.90 Å². The molecule has 0 saturated carbocycles. The Balaban J connectivity index is 0.00000259. The van der Waals surface area contributed by atoms with Crippen LogP contribution in [0.1, 0.15) is 13.8 Å². The first kappa shape index (κ1) is 24.0. The first-order valence-electron chi connectivity index (χ1n) is 10.3. The molecule has 0 bridgehead atoms. The molecule has 169 valence electrons. The van der Waals surface area contributed by atoms with Gasteiger partial charge < -0.3 is 15.1 Å². The molecule has 0 unspecified atom stereocenters. The number of carboxylic acids is 1. The molecule has 2 N–H and O–H groups in total. The number of carbonyl (C=O) groups is 2. The minimum absolute atomic E-state index is 0. The number of amides is 1. The number of carbonyl (C=O) groups excluding carboxylic acids is 1. The molecule has 0 spiro atoms. The minimum atomic E-state index is -3.99. The molecule has 1 amide bonds. The number of nitrogens with zero attached hydrogens (tertiary/aromatic N) is 3. The van der Waals surface area contributed by atoms with E-state index in [2.05, 4.69) is 0 Å². The number of rotatable bonds is 4. The van der Waals surface area contributed by atoms with E-state index in [9.17, 15) is 28.2 Å². The van der Waals surface area contributed by atoms with Crippen LogP contribution in [0.4, 0.5) is 11.4 Å². The molecule has 1 radical (unpaired) electrons. The molecular formula is C22H23N3NaO6S. The van der Waals surface area contributed by atoms with Gasteiger partial charge in [-0.25, -0.2) is 9.10 Å². The Labute approximate surface area is 213 Å². The summed E-state index contributed by atoms with van der Waals surface area (Å²) in [6.07, 6.45) is -0.925. The van der Waals surface area contributed by atoms with E-state index in [4.69, 9.17) is 0 Å². The number of hydrogen-bond acceptors (Lipinski definition) is 5. The zero-order chi connectivity index (χ0) is 23.1. The molecule has 3 heterocycles. The second-order valence-electron chi connectivity index (χ2n) is 8.57. The zero-order valence-electron chi connectivity index (χ0n) is 18.8. The first-order valence-corrected chi connectivity index (χ1v) is 11.7. The quantitative estimate of drug-likeness (QED) is 0.501. The summed E-state index contributed by atoms with van der Waals surface area (Å²) in [5, 5.41) is 21.6. The van der Waals surface area contributed by atoms with Crippen molar-refractivity contribution in [3.63, 3.8) is 0 Å². The van der Waals surface area contributed by atoms with Gasteiger partial charge in [0.15, 0.2) is 0 Å². The molecule has 33 heavy (non-hydrogen) atoms. The van der Waals surface area contributed by atoms with Crippen molar-refractivity contribution in [2.24, 2.45) is 11.8 Å². The van der Waals surface area contributed by atoms with Gasteiger partial charge in [0.25, 0.3) is 0 Å². The number of aliphatic hydroxyl groups excluding tert-OH is 1. The molecule has 4 atom stereocenters. The molecule has 1 saturated heterocycles. The summed E-state index contributed by atoms with van der Waals surface area (Å²) in [5.41, 5.74) is 1.18. The molecule has 3 aliphatic rings. The number of aliphatic hydroxyl groups is 1. The number of hydrogen-bond donors (Lipinski definition) is 2. The van der Waals surface area contributed by atoms with Gasteiger partial charge in [0.05, 0.1) is 36.0 Å². The fraction of sp³-hybridized carbons (Fsp3) is 0.364. The van der Waals surface area contributed by atoms with Gasteiger partial charge in [0, 0.05) is 47.9 Å². The Morgan fingerprint density at radius 2 is 1.76 bits per heavy atom. The van der Waals surface area contributed by atoms with Gasteiger partial charge >= 0.3 is 16.2 Å². The van der Waals surface area contributed by atoms with Crippen molar-refractivity contribution >= 4 is 73.8 Å². The van der Waals surface area contributed by atoms with Crippen molar-refractivity contribution in [2.75, 3.05) is 22.2 Å². The molecule has 3 aliphatic heterocycles. The van der Waals surface area contributed by atoms with Crippen molar-refractivity contribution < 1.29 is 28.2 Å². The van der Waals surface area contributed by atoms with Gasteiger partial charge in [0.1, 0.15) is 5.70 Å². The predicted octanol–water partition coefficient (Wildman–Crippen LogP) is 1.16. The standard InChI is InChI=1S/C22H23N3O6S.Na/c1-11-14(20(22(28)29)25-19(11)17(12(2)26)21(25)27)10-24-16-9-5-7-13-6-4-8-15(18(13)16)23(3)32(24,30)31;/h4-9,11-12,17,19,26H,10H2,1-3H3,(H,28,29);/t11-,12+,17+,19+;/m0./s1. The summed E-state index contributed by atoms with van der Waals surface area (Å²) < 4.78 is 29.3. The van der Waals surface area contributed by atoms with Gasteiger partial charge in [0.2, 0.25) is 5.91 Å². The summed E-state index contributed by atoms with van der Waals surface area (Å²) >= 11 is 0. The van der Waals surface area contributed by atoms with Crippen molar-refractivity contribution in [2.45, 2.75) is 26.0 Å². The van der Waals surface area contributed by atoms with Gasteiger partial charge in [-0.3, -0.25) is 9.10 Å². The fourth-order valence-corrected chi connectivity index (χ4v) is 6.74. The summed E-state index contributed by atoms with van der Waals surface area (Å²) in [6.45, 7) is 3.09. The Morgan fingerprint density at radius 1 is 1.15 bits per heavy atom. The predicted molar refractivity (Wildman–Crippen MR) is 124 cm³/mol. The van der Waals surface area contributed by atoms with E-state index in [0.717, 1.165) is 10.8 Å². The monoisotopic (exact) mass is 480 g/mol. The summed E-state index contributed by atoms with van der Waals surface area (Å²) in [4.78, 5) is 25.9. The largest absolute Gasteiger partial charge is 0.477 e. The van der Waals surface area contributed by atoms with E-state index < -0.39 is 46.1 Å². The van der Waals surface area contributed by atoms with Crippen LogP contribution in [0.15, 0.2) is 47.7 Å². The number of β-lactam (4-membered cyclic amide) rings is 1. The Kier molecular flexibility index (Phi) is 5.82. The van der Waals surface area contributed by atoms with Crippen LogP contribution in [0.25, 0.3) is 10.8 Å². The number of benzene rings is 2. The molecule has 11 heteroatoms. The number of carboxylic acid groups (broad SMARTS) is 1. The maximum absolute atomic E-state index is 13.5. The topological polar surface area (TPSA) is 118 Å². The van der Waals surface area contributed by atoms with E-state index in [1.165, 1.54) is 27.5 Å². The van der Waals surface area contributed by atoms with Crippen LogP contribution >= 0.6 is 0 Å². The second kappa shape index (κ2) is 7.99. The third kappa shape index (κ3) is 3.15. The van der Waals surface area contributed by atoms with E-state index in [1.807, 2.05) is 12.1 Å². The average molecular weight is 480 g/mol. The van der Waals surface area contributed by atoms with Crippen LogP contribution < -0.4 is 8.61 Å². The summed E-state index contributed by atoms with van der Waals surface area (Å²) in [6, 6.07) is 10.3. The van der Waals surface area contributed by atoms with Gasteiger partial charge in [-0.2, -0.15) is 8.42 Å². The van der Waals surface area contributed by atoms with E-state index in [-0.39, 0.29) is 41.8 Å². The van der Waals surface area contributed by atoms with E-state index >= 15 is 0 Å². The maximum Gasteiger partial charge on any atom is 0.352 e. The summed E-state index contributed by atoms with van der Waals surface area (Å²) in [7, 11) is -2.52. The van der Waals surface area contributed by atoms with Crippen molar-refractivity contribution in [3.8, 4) is 0 Å². The summed E-state index contributed by atoms with van der Waals surface area (Å²) in [5.74, 6) is -2.86. The molecular weight excluding hydrogens is 457 g/mol. The average Bonchev–Trinajstić information content (AvgIpc) is 2.97. The molecule has 2 aromatic carbocycles. The minimum Gasteiger partial charge on any atom is -0.477 e. The van der Waals surface area contributed by atoms with E-state index in [1.54, 1.807) is 31.2 Å². The van der Waals surface area contributed by atoms with Crippen LogP contribution in [-0.4, -0.2) is 90.7 Å². The molecule has 0 aliphatic carbocycles. The van der Waals surface area contributed by atoms with Crippen LogP contribution in [0.5, 0.6) is 0 Å². The van der Waals surface area contributed by atoms with Crippen molar-refractivity contribution in [1.29, 1.82) is 0 Å². The van der Waals surface area contributed by atoms with Gasteiger partial charge in [-0.1, -0.05) is 31.2 Å². The smallest absolute Gasteiger partial charge is 0.352 e. The molecule has 5 rings (SSSR count). The Morgan fingerprint density at radius 3 is 2.33 bits per heavy atom. The van der Waals surface area contributed by atoms with Crippen LogP contribution in [-0.2, 0) is 19.8 Å². The van der Waals surface area contributed by atoms with Gasteiger partial charge in [-0.05, 0) is 30.0 Å². The maximum atomic E-state index is 13.5. The van der Waals surface area contributed by atoms with Crippen LogP contribution in [0.2, 0.25) is 0 Å². The van der Waals surface area contributed by atoms with E-state index in [0.29, 0.717) is 16.9 Å². The molecule has 0 aromatic heterocycles.